The molecular formula is C97H66B2N4S2. The third-order valence-electron chi connectivity index (χ3n) is 21.4. The van der Waals surface area contributed by atoms with Crippen molar-refractivity contribution in [3.05, 3.63) is 388 Å². The SMILES string of the molecule is Cc1cccc(-c2ccccc2)c1N1c2cc3c(cc2B2c4ccccc4N(c4ccccc4)c4cc(N(c5ccc(-c6ccccc6)cc5)c5cccc(-c6ccccc6)c5)cc1c42)B1c2ccccc2Sc2cc(N(c4ccc(-c5ccccc5)cc4)c4cccc(-c5ccccc5)c4)cc(c21)S3. The van der Waals surface area contributed by atoms with Crippen molar-refractivity contribution in [1.29, 1.82) is 0 Å². The maximum atomic E-state index is 2.68. The molecule has 0 fully saturated rings. The van der Waals surface area contributed by atoms with Gasteiger partial charge in [0.2, 0.25) is 6.71 Å². The van der Waals surface area contributed by atoms with E-state index in [2.05, 4.69) is 409 Å². The third kappa shape index (κ3) is 10.9. The summed E-state index contributed by atoms with van der Waals surface area (Å²) in [6, 6.07) is 142. The molecule has 0 aromatic heterocycles. The Bertz CT molecular complexity index is 6010. The monoisotopic (exact) mass is 1370 g/mol. The summed E-state index contributed by atoms with van der Waals surface area (Å²) < 4.78 is 0. The van der Waals surface area contributed by atoms with Crippen LogP contribution in [0.4, 0.5) is 68.2 Å². The Kier molecular flexibility index (Phi) is 15.5. The first-order valence-corrected chi connectivity index (χ1v) is 37.7. The van der Waals surface area contributed by atoms with Gasteiger partial charge in [0.25, 0.3) is 6.71 Å². The van der Waals surface area contributed by atoms with Crippen molar-refractivity contribution >= 4 is 138 Å². The summed E-state index contributed by atoms with van der Waals surface area (Å²) in [4.78, 5) is 15.3. The molecule has 0 aliphatic carbocycles. The highest BCUT2D eigenvalue weighted by Crippen LogP contribution is 2.53. The molecule has 0 bridgehead atoms. The van der Waals surface area contributed by atoms with Crippen LogP contribution in [0.25, 0.3) is 55.6 Å². The van der Waals surface area contributed by atoms with Gasteiger partial charge in [0.05, 0.1) is 11.4 Å². The molecule has 0 radical (unpaired) electrons. The maximum Gasteiger partial charge on any atom is 0.252 e. The Labute approximate surface area is 623 Å². The highest BCUT2D eigenvalue weighted by Gasteiger charge is 2.47. The fourth-order valence-electron chi connectivity index (χ4n) is 16.7. The Hall–Kier alpha value is -12.5. The Morgan fingerprint density at radius 2 is 0.667 bits per heavy atom. The summed E-state index contributed by atoms with van der Waals surface area (Å²) in [6.45, 7) is 2.09. The molecule has 0 unspecified atom stereocenters. The van der Waals surface area contributed by atoms with Gasteiger partial charge >= 0.3 is 0 Å². The van der Waals surface area contributed by atoms with Crippen LogP contribution in [0, 0.1) is 6.92 Å². The average Bonchev–Trinajstić information content (AvgIpc) is 0.686. The second kappa shape index (κ2) is 26.1. The molecule has 4 aliphatic rings. The molecule has 0 amide bonds. The van der Waals surface area contributed by atoms with Gasteiger partial charge in [-0.15, -0.1) is 0 Å². The van der Waals surface area contributed by atoms with Gasteiger partial charge in [-0.05, 0) is 188 Å². The number of aryl methyl sites for hydroxylation is 1. The van der Waals surface area contributed by atoms with Crippen LogP contribution in [0.3, 0.4) is 0 Å². The standard InChI is InChI=1S/C97H66B2N4S2/c1-65-27-24-44-82(72-36-16-6-17-37-72)97(65)103-88-64-92-86(99-84-46-21-23-48-91(84)104-93-61-81(62-94(105-92)96(93)99)101(77-55-51-71(52-56-77)67-30-10-3-11-31-67)79-43-26-39-74(58-79)69-34-14-5-15-35-69)63-85(88)98-83-45-20-22-47-87(83)102(75-40-18-7-19-41-75)89-59-80(60-90(103)95(89)98)100(76-53-49-70(50-54-76)66-28-8-2-9-29-66)78-42-25-38-73(57-78)68-32-12-4-13-33-68/h2-64H,1H3. The predicted octanol–water partition coefficient (Wildman–Crippen LogP) is 22.8. The molecule has 4 aliphatic heterocycles. The molecular weight excluding hydrogens is 1310 g/mol. The summed E-state index contributed by atoms with van der Waals surface area (Å²) in [6.07, 6.45) is 0. The lowest BCUT2D eigenvalue weighted by Gasteiger charge is -2.46. The zero-order chi connectivity index (χ0) is 69.5. The summed E-state index contributed by atoms with van der Waals surface area (Å²) in [7, 11) is 0. The molecule has 105 heavy (non-hydrogen) atoms. The number of anilines is 12. The lowest BCUT2D eigenvalue weighted by atomic mass is 9.31. The van der Waals surface area contributed by atoms with E-state index >= 15 is 0 Å². The molecule has 20 rings (SSSR count). The summed E-state index contributed by atoms with van der Waals surface area (Å²) in [5.41, 5.74) is 34.0. The largest absolute Gasteiger partial charge is 0.311 e. The van der Waals surface area contributed by atoms with Crippen LogP contribution < -0.4 is 52.4 Å². The van der Waals surface area contributed by atoms with E-state index in [0.717, 1.165) is 96.1 Å². The van der Waals surface area contributed by atoms with Crippen molar-refractivity contribution in [1.82, 2.24) is 0 Å². The molecule has 0 N–H and O–H groups in total. The van der Waals surface area contributed by atoms with E-state index in [1.807, 2.05) is 23.5 Å². The molecule has 16 aromatic carbocycles. The van der Waals surface area contributed by atoms with Gasteiger partial charge in [-0.2, -0.15) is 0 Å². The highest BCUT2D eigenvalue weighted by atomic mass is 32.2. The average molecular weight is 1370 g/mol. The van der Waals surface area contributed by atoms with E-state index < -0.39 is 0 Å². The van der Waals surface area contributed by atoms with E-state index in [-0.39, 0.29) is 13.4 Å². The number of benzene rings is 16. The number of fused-ring (bicyclic) bond motifs is 8. The van der Waals surface area contributed by atoms with Gasteiger partial charge in [0.15, 0.2) is 0 Å². The molecule has 4 heterocycles. The van der Waals surface area contributed by atoms with Crippen molar-refractivity contribution in [2.75, 3.05) is 19.6 Å². The van der Waals surface area contributed by atoms with Gasteiger partial charge in [-0.3, -0.25) is 0 Å². The zero-order valence-electron chi connectivity index (χ0n) is 57.6. The van der Waals surface area contributed by atoms with Gasteiger partial charge in [0.1, 0.15) is 0 Å². The molecule has 0 atom stereocenters. The minimum Gasteiger partial charge on any atom is -0.311 e. The Morgan fingerprint density at radius 1 is 0.238 bits per heavy atom. The summed E-state index contributed by atoms with van der Waals surface area (Å²) in [5, 5.41) is 0. The lowest BCUT2D eigenvalue weighted by Crippen LogP contribution is -2.64. The van der Waals surface area contributed by atoms with Gasteiger partial charge in [-0.1, -0.05) is 314 Å². The van der Waals surface area contributed by atoms with Crippen LogP contribution in [0.2, 0.25) is 0 Å². The van der Waals surface area contributed by atoms with E-state index in [0.29, 0.717) is 0 Å². The van der Waals surface area contributed by atoms with Crippen molar-refractivity contribution in [2.45, 2.75) is 26.5 Å². The fraction of sp³-hybridized carbons (Fsp3) is 0.0103. The van der Waals surface area contributed by atoms with Crippen molar-refractivity contribution < 1.29 is 0 Å². The lowest BCUT2D eigenvalue weighted by molar-refractivity contribution is 1.21. The smallest absolute Gasteiger partial charge is 0.252 e. The molecule has 0 saturated heterocycles. The number of rotatable bonds is 13. The van der Waals surface area contributed by atoms with Crippen LogP contribution in [0.15, 0.2) is 402 Å². The number of nitrogens with zero attached hydrogens (tertiary/aromatic N) is 4. The van der Waals surface area contributed by atoms with Crippen LogP contribution in [0.1, 0.15) is 5.56 Å². The number of hydrogen-bond donors (Lipinski definition) is 0. The Balaban J connectivity index is 0.843. The number of para-hydroxylation sites is 3. The minimum absolute atomic E-state index is 0.0498. The van der Waals surface area contributed by atoms with Crippen LogP contribution >= 0.6 is 23.5 Å². The van der Waals surface area contributed by atoms with Gasteiger partial charge in [0, 0.05) is 82.0 Å². The molecule has 492 valence electrons. The number of hydrogen-bond acceptors (Lipinski definition) is 6. The first-order valence-electron chi connectivity index (χ1n) is 36.1. The summed E-state index contributed by atoms with van der Waals surface area (Å²) >= 11 is 3.84. The van der Waals surface area contributed by atoms with Crippen LogP contribution in [-0.2, 0) is 0 Å². The second-order valence-corrected chi connectivity index (χ2v) is 29.7. The minimum atomic E-state index is -0.170. The molecule has 0 saturated carbocycles. The fourth-order valence-corrected chi connectivity index (χ4v) is 19.2. The predicted molar refractivity (Wildman–Crippen MR) is 448 cm³/mol. The first kappa shape index (κ1) is 62.3. The van der Waals surface area contributed by atoms with Gasteiger partial charge in [-0.25, -0.2) is 0 Å². The maximum absolute atomic E-state index is 2.68. The quantitative estimate of drug-likeness (QED) is 0.106. The van der Waals surface area contributed by atoms with E-state index in [4.69, 9.17) is 0 Å². The van der Waals surface area contributed by atoms with Crippen LogP contribution in [0.5, 0.6) is 0 Å². The molecule has 0 spiro atoms. The molecule has 4 nitrogen and oxygen atoms in total. The Morgan fingerprint density at radius 3 is 1.23 bits per heavy atom. The zero-order valence-corrected chi connectivity index (χ0v) is 59.3. The third-order valence-corrected chi connectivity index (χ3v) is 23.7. The van der Waals surface area contributed by atoms with E-state index in [1.165, 1.54) is 85.7 Å². The van der Waals surface area contributed by atoms with Crippen molar-refractivity contribution in [3.8, 4) is 55.6 Å². The van der Waals surface area contributed by atoms with Crippen LogP contribution in [-0.4, -0.2) is 13.4 Å². The topological polar surface area (TPSA) is 13.0 Å². The molecule has 8 heteroatoms. The first-order chi connectivity index (χ1) is 52.0. The van der Waals surface area contributed by atoms with E-state index in [1.54, 1.807) is 0 Å². The van der Waals surface area contributed by atoms with Crippen molar-refractivity contribution in [2.24, 2.45) is 0 Å². The highest BCUT2D eigenvalue weighted by molar-refractivity contribution is 8.01. The van der Waals surface area contributed by atoms with Gasteiger partial charge < -0.3 is 19.6 Å². The normalized spacial score (nSPS) is 12.7. The van der Waals surface area contributed by atoms with E-state index in [9.17, 15) is 0 Å². The second-order valence-electron chi connectivity index (χ2n) is 27.5. The molecule has 16 aromatic rings. The van der Waals surface area contributed by atoms with Crippen molar-refractivity contribution in [3.63, 3.8) is 0 Å². The summed E-state index contributed by atoms with van der Waals surface area (Å²) in [5.74, 6) is 0.